The van der Waals surface area contributed by atoms with Crippen molar-refractivity contribution in [3.63, 3.8) is 0 Å². The molecule has 0 spiro atoms. The van der Waals surface area contributed by atoms with Gasteiger partial charge in [-0.3, -0.25) is 14.6 Å². The maximum atomic E-state index is 13.2. The van der Waals surface area contributed by atoms with E-state index in [-0.39, 0.29) is 12.3 Å². The Kier molecular flexibility index (Phi) is 8.02. The summed E-state index contributed by atoms with van der Waals surface area (Å²) in [4.78, 5) is 29.0. The second-order valence-corrected chi connectivity index (χ2v) is 9.62. The first-order valence-corrected chi connectivity index (χ1v) is 12.4. The smallest absolute Gasteiger partial charge is 0.308 e. The summed E-state index contributed by atoms with van der Waals surface area (Å²) < 4.78 is 13.2. The zero-order valence-electron chi connectivity index (χ0n) is 18.9. The van der Waals surface area contributed by atoms with Crippen molar-refractivity contribution in [2.24, 2.45) is 4.99 Å². The number of carbonyl (C=O) groups is 2. The summed E-state index contributed by atoms with van der Waals surface area (Å²) in [6.07, 6.45) is 0.744. The van der Waals surface area contributed by atoms with Gasteiger partial charge in [0.05, 0.1) is 6.42 Å². The van der Waals surface area contributed by atoms with Crippen molar-refractivity contribution in [1.29, 1.82) is 0 Å². The molecule has 2 atom stereocenters. The number of hydrogen-bond donors (Lipinski definition) is 4. The maximum absolute atomic E-state index is 13.2. The molecule has 9 heteroatoms. The number of nitrogens with one attached hydrogen (secondary N) is 3. The van der Waals surface area contributed by atoms with Crippen LogP contribution in [-0.4, -0.2) is 40.6 Å². The average molecular weight is 491 g/mol. The molecule has 0 radical (unpaired) electrons. The second kappa shape index (κ2) is 11.5. The summed E-state index contributed by atoms with van der Waals surface area (Å²) in [7, 11) is 0. The largest absolute Gasteiger partial charge is 0.611 e. The van der Waals surface area contributed by atoms with Crippen molar-refractivity contribution in [3.8, 4) is 0 Å². The molecule has 0 saturated heterocycles. The molecule has 0 aliphatic carbocycles. The molecule has 1 amide bonds. The van der Waals surface area contributed by atoms with E-state index in [1.807, 2.05) is 12.1 Å². The first-order valence-electron chi connectivity index (χ1n) is 11.2. The van der Waals surface area contributed by atoms with Crippen molar-refractivity contribution >= 4 is 40.4 Å². The topological polar surface area (TPSA) is 126 Å². The van der Waals surface area contributed by atoms with Gasteiger partial charge in [-0.05, 0) is 60.1 Å². The second-order valence-electron chi connectivity index (χ2n) is 7.99. The Morgan fingerprint density at radius 3 is 2.49 bits per heavy atom. The van der Waals surface area contributed by atoms with Gasteiger partial charge in [-0.15, -0.1) is 0 Å². The van der Waals surface area contributed by atoms with Crippen molar-refractivity contribution < 1.29 is 19.2 Å². The first kappa shape index (κ1) is 24.3. The van der Waals surface area contributed by atoms with Crippen LogP contribution in [0.25, 0.3) is 0 Å². The molecule has 1 aliphatic rings. The average Bonchev–Trinajstić information content (AvgIpc) is 2.88. The summed E-state index contributed by atoms with van der Waals surface area (Å²) >= 11 is -1.58. The molecular weight excluding hydrogens is 464 g/mol. The van der Waals surface area contributed by atoms with Gasteiger partial charge in [-0.2, -0.15) is 0 Å². The zero-order chi connectivity index (χ0) is 24.6. The van der Waals surface area contributed by atoms with Crippen molar-refractivity contribution in [3.05, 3.63) is 90.0 Å². The number of carbonyl (C=O) groups excluding carboxylic acids is 1. The molecule has 35 heavy (non-hydrogen) atoms. The van der Waals surface area contributed by atoms with Gasteiger partial charge in [0.1, 0.15) is 0 Å². The quantitative estimate of drug-likeness (QED) is 0.353. The van der Waals surface area contributed by atoms with Crippen LogP contribution in [0, 0.1) is 0 Å². The highest BCUT2D eigenvalue weighted by Crippen LogP contribution is 2.32. The third-order valence-corrected chi connectivity index (χ3v) is 7.11. The highest BCUT2D eigenvalue weighted by Gasteiger charge is 2.29. The molecule has 0 saturated carbocycles. The minimum absolute atomic E-state index is 0.249. The molecule has 8 nitrogen and oxygen atoms in total. The Morgan fingerprint density at radius 1 is 1.03 bits per heavy atom. The van der Waals surface area contributed by atoms with Crippen LogP contribution in [0.1, 0.15) is 34.0 Å². The number of anilines is 2. The van der Waals surface area contributed by atoms with Gasteiger partial charge in [0.25, 0.3) is 5.91 Å². The minimum Gasteiger partial charge on any atom is -0.611 e. The van der Waals surface area contributed by atoms with Gasteiger partial charge < -0.3 is 25.6 Å². The third kappa shape index (κ3) is 6.62. The van der Waals surface area contributed by atoms with E-state index in [1.165, 1.54) is 0 Å². The lowest BCUT2D eigenvalue weighted by Crippen LogP contribution is -2.35. The van der Waals surface area contributed by atoms with Gasteiger partial charge in [0, 0.05) is 35.6 Å². The highest BCUT2D eigenvalue weighted by molar-refractivity contribution is 7.91. The van der Waals surface area contributed by atoms with Gasteiger partial charge in [0.2, 0.25) is 0 Å². The Bertz CT molecular complexity index is 1200. The Balaban J connectivity index is 1.43. The number of rotatable bonds is 8. The number of amides is 1. The number of benzene rings is 3. The fourth-order valence-corrected chi connectivity index (χ4v) is 5.11. The first-order chi connectivity index (χ1) is 17.0. The summed E-state index contributed by atoms with van der Waals surface area (Å²) in [5.74, 6) is -0.609. The summed E-state index contributed by atoms with van der Waals surface area (Å²) in [6, 6.07) is 22.7. The summed E-state index contributed by atoms with van der Waals surface area (Å²) in [6.45, 7) is 1.62. The van der Waals surface area contributed by atoms with Gasteiger partial charge in [0.15, 0.2) is 16.1 Å². The molecule has 3 aromatic carbocycles. The van der Waals surface area contributed by atoms with Crippen molar-refractivity contribution in [1.82, 2.24) is 5.32 Å². The molecule has 1 heterocycles. The van der Waals surface area contributed by atoms with Crippen LogP contribution in [0.4, 0.5) is 11.4 Å². The number of guanidine groups is 1. The van der Waals surface area contributed by atoms with Gasteiger partial charge in [-0.1, -0.05) is 36.4 Å². The molecule has 0 fully saturated rings. The fourth-order valence-electron chi connectivity index (χ4n) is 3.67. The molecule has 0 aromatic heterocycles. The van der Waals surface area contributed by atoms with E-state index in [9.17, 15) is 19.2 Å². The standard InChI is InChI=1S/C26H26N4O4S/c31-24(32)17-23(18-6-2-1-3-7-18)35(34)22-12-10-20(11-13-22)29-25(33)19-8-4-9-21(16-19)30-26-27-14-5-15-28-26/h1-4,6-13,16,23H,5,14-15,17H2,(H,29,33)(H,31,32)(H2,27,28,30). The molecular formula is C26H26N4O4S. The van der Waals surface area contributed by atoms with E-state index < -0.39 is 22.4 Å². The molecule has 2 unspecified atom stereocenters. The fraction of sp³-hybridized carbons (Fsp3) is 0.192. The van der Waals surface area contributed by atoms with E-state index in [2.05, 4.69) is 20.9 Å². The van der Waals surface area contributed by atoms with E-state index in [4.69, 9.17) is 0 Å². The number of carboxylic acid groups (broad SMARTS) is 1. The highest BCUT2D eigenvalue weighted by atomic mass is 32.2. The number of nitrogens with zero attached hydrogens (tertiary/aromatic N) is 1. The van der Waals surface area contributed by atoms with Crippen LogP contribution in [0.15, 0.2) is 88.8 Å². The van der Waals surface area contributed by atoms with Crippen molar-refractivity contribution in [2.45, 2.75) is 23.0 Å². The van der Waals surface area contributed by atoms with Crippen LogP contribution in [0.2, 0.25) is 0 Å². The lowest BCUT2D eigenvalue weighted by Gasteiger charge is -2.20. The Hall–Kier alpha value is -3.82. The predicted octanol–water partition coefficient (Wildman–Crippen LogP) is 4.02. The molecule has 180 valence electrons. The molecule has 4 N–H and O–H groups in total. The van der Waals surface area contributed by atoms with Crippen LogP contribution >= 0.6 is 0 Å². The Labute approximate surface area is 206 Å². The van der Waals surface area contributed by atoms with Crippen LogP contribution in [0.5, 0.6) is 0 Å². The van der Waals surface area contributed by atoms with E-state index in [0.29, 0.717) is 27.7 Å². The maximum Gasteiger partial charge on any atom is 0.308 e. The van der Waals surface area contributed by atoms with E-state index in [0.717, 1.165) is 25.2 Å². The molecule has 3 aromatic rings. The van der Waals surface area contributed by atoms with Gasteiger partial charge in [-0.25, -0.2) is 0 Å². The SMILES string of the molecule is O=C(O)CC(c1ccccc1)[S+]([O-])c1ccc(NC(=O)c2cccc(NC3=NCCCN3)c2)cc1. The predicted molar refractivity (Wildman–Crippen MR) is 137 cm³/mol. The lowest BCUT2D eigenvalue weighted by molar-refractivity contribution is -0.137. The summed E-state index contributed by atoms with van der Waals surface area (Å²) in [5, 5.41) is 17.8. The Morgan fingerprint density at radius 2 is 1.80 bits per heavy atom. The van der Waals surface area contributed by atoms with Crippen LogP contribution in [0.3, 0.4) is 0 Å². The number of carboxylic acids is 1. The summed E-state index contributed by atoms with van der Waals surface area (Å²) in [5.41, 5.74) is 2.47. The van der Waals surface area contributed by atoms with E-state index in [1.54, 1.807) is 66.7 Å². The van der Waals surface area contributed by atoms with Crippen LogP contribution in [-0.2, 0) is 16.0 Å². The molecule has 1 aliphatic heterocycles. The van der Waals surface area contributed by atoms with Crippen molar-refractivity contribution in [2.75, 3.05) is 23.7 Å². The zero-order valence-corrected chi connectivity index (χ0v) is 19.8. The third-order valence-electron chi connectivity index (χ3n) is 5.42. The lowest BCUT2D eigenvalue weighted by atomic mass is 10.1. The molecule has 4 rings (SSSR count). The number of hydrogen-bond acceptors (Lipinski definition) is 6. The van der Waals surface area contributed by atoms with Crippen LogP contribution < -0.4 is 16.0 Å². The number of aliphatic carboxylic acids is 1. The number of aliphatic imine (C=N–C) groups is 1. The minimum atomic E-state index is -1.58. The normalized spacial score (nSPS) is 14.7. The monoisotopic (exact) mass is 490 g/mol. The van der Waals surface area contributed by atoms with Gasteiger partial charge >= 0.3 is 5.97 Å². The molecule has 0 bridgehead atoms. The van der Waals surface area contributed by atoms with E-state index >= 15 is 0 Å².